The normalized spacial score (nSPS) is 33.0. The average Bonchev–Trinajstić information content (AvgIpc) is 2.14. The number of rotatable bonds is 3. The Morgan fingerprint density at radius 3 is 2.60 bits per heavy atom. The van der Waals surface area contributed by atoms with Gasteiger partial charge in [0.2, 0.25) is 0 Å². The van der Waals surface area contributed by atoms with Crippen LogP contribution in [-0.2, 0) is 4.74 Å². The summed E-state index contributed by atoms with van der Waals surface area (Å²) >= 11 is 0. The fourth-order valence-corrected chi connectivity index (χ4v) is 2.10. The lowest BCUT2D eigenvalue weighted by atomic mass is 9.80. The summed E-state index contributed by atoms with van der Waals surface area (Å²) in [6.07, 6.45) is 4.90. The van der Waals surface area contributed by atoms with Crippen LogP contribution in [0.4, 0.5) is 0 Å². The molecular weight excluding hydrogens is 188 g/mol. The Balaban J connectivity index is 2.43. The van der Waals surface area contributed by atoms with E-state index in [-0.39, 0.29) is 6.10 Å². The summed E-state index contributed by atoms with van der Waals surface area (Å²) in [7, 11) is 0. The molecule has 0 saturated carbocycles. The molecule has 1 N–H and O–H groups in total. The van der Waals surface area contributed by atoms with Crippen molar-refractivity contribution in [3.05, 3.63) is 0 Å². The molecule has 1 rings (SSSR count). The fourth-order valence-electron chi connectivity index (χ4n) is 2.10. The fraction of sp³-hybridized carbons (Fsp3) is 1.00. The van der Waals surface area contributed by atoms with Gasteiger partial charge in [-0.2, -0.15) is 0 Å². The molecule has 2 atom stereocenters. The van der Waals surface area contributed by atoms with Crippen LogP contribution in [0.25, 0.3) is 0 Å². The van der Waals surface area contributed by atoms with Crippen molar-refractivity contribution in [1.82, 2.24) is 0 Å². The zero-order valence-electron chi connectivity index (χ0n) is 10.7. The van der Waals surface area contributed by atoms with Crippen molar-refractivity contribution in [1.29, 1.82) is 0 Å². The molecule has 15 heavy (non-hydrogen) atoms. The third-order valence-corrected chi connectivity index (χ3v) is 3.32. The van der Waals surface area contributed by atoms with Crippen LogP contribution in [0.2, 0.25) is 0 Å². The van der Waals surface area contributed by atoms with Crippen LogP contribution in [0.15, 0.2) is 0 Å². The van der Waals surface area contributed by atoms with E-state index in [0.29, 0.717) is 5.41 Å². The van der Waals surface area contributed by atoms with Crippen LogP contribution in [0.1, 0.15) is 59.8 Å². The quantitative estimate of drug-likeness (QED) is 0.782. The molecule has 1 aliphatic heterocycles. The highest BCUT2D eigenvalue weighted by atomic mass is 16.5. The van der Waals surface area contributed by atoms with Crippen molar-refractivity contribution in [3.63, 3.8) is 0 Å². The first-order chi connectivity index (χ1) is 6.85. The molecule has 0 aromatic rings. The van der Waals surface area contributed by atoms with Gasteiger partial charge in [-0.25, -0.2) is 0 Å². The predicted molar refractivity (Wildman–Crippen MR) is 62.9 cm³/mol. The van der Waals surface area contributed by atoms with E-state index in [4.69, 9.17) is 4.74 Å². The standard InChI is InChI=1S/C13H26O2/c1-5-11-10-13(14,8-9-15-11)7-6-12(2,3)4/h11,14H,5-10H2,1-4H3. The Morgan fingerprint density at radius 1 is 1.40 bits per heavy atom. The SMILES string of the molecule is CCC1CC(O)(CCC(C)(C)C)CCO1. The summed E-state index contributed by atoms with van der Waals surface area (Å²) in [5.41, 5.74) is -0.151. The van der Waals surface area contributed by atoms with Crippen LogP contribution in [-0.4, -0.2) is 23.4 Å². The highest BCUT2D eigenvalue weighted by molar-refractivity contribution is 4.86. The van der Waals surface area contributed by atoms with Gasteiger partial charge in [0.25, 0.3) is 0 Å². The molecule has 0 aliphatic carbocycles. The van der Waals surface area contributed by atoms with Crippen molar-refractivity contribution in [3.8, 4) is 0 Å². The Bertz CT molecular complexity index is 195. The minimum Gasteiger partial charge on any atom is -0.390 e. The van der Waals surface area contributed by atoms with Crippen molar-refractivity contribution in [2.24, 2.45) is 5.41 Å². The van der Waals surface area contributed by atoms with Crippen molar-refractivity contribution in [2.45, 2.75) is 71.5 Å². The summed E-state index contributed by atoms with van der Waals surface area (Å²) in [4.78, 5) is 0. The molecule has 0 radical (unpaired) electrons. The Labute approximate surface area is 94.0 Å². The summed E-state index contributed by atoms with van der Waals surface area (Å²) in [5.74, 6) is 0. The van der Waals surface area contributed by atoms with E-state index >= 15 is 0 Å². The van der Waals surface area contributed by atoms with Gasteiger partial charge >= 0.3 is 0 Å². The molecule has 2 nitrogen and oxygen atoms in total. The smallest absolute Gasteiger partial charge is 0.0694 e. The molecule has 0 amide bonds. The molecule has 0 spiro atoms. The monoisotopic (exact) mass is 214 g/mol. The minimum absolute atomic E-state index is 0.267. The molecule has 0 bridgehead atoms. The van der Waals surface area contributed by atoms with Crippen LogP contribution in [0, 0.1) is 5.41 Å². The van der Waals surface area contributed by atoms with Crippen molar-refractivity contribution in [2.75, 3.05) is 6.61 Å². The molecule has 1 heterocycles. The van der Waals surface area contributed by atoms with Crippen LogP contribution in [0.3, 0.4) is 0 Å². The van der Waals surface area contributed by atoms with Crippen molar-refractivity contribution < 1.29 is 9.84 Å². The predicted octanol–water partition coefficient (Wildman–Crippen LogP) is 3.13. The first kappa shape index (κ1) is 13.0. The zero-order chi connectivity index (χ0) is 11.5. The van der Waals surface area contributed by atoms with Crippen LogP contribution >= 0.6 is 0 Å². The summed E-state index contributed by atoms with van der Waals surface area (Å²) in [6.45, 7) is 9.53. The van der Waals surface area contributed by atoms with Crippen LogP contribution < -0.4 is 0 Å². The van der Waals surface area contributed by atoms with Gasteiger partial charge in [-0.1, -0.05) is 27.7 Å². The second-order valence-corrected chi connectivity index (χ2v) is 6.14. The van der Waals surface area contributed by atoms with E-state index in [1.54, 1.807) is 0 Å². The maximum atomic E-state index is 10.5. The van der Waals surface area contributed by atoms with Gasteiger partial charge in [0.15, 0.2) is 0 Å². The Kier molecular flexibility index (Phi) is 4.19. The summed E-state index contributed by atoms with van der Waals surface area (Å²) < 4.78 is 5.59. The summed E-state index contributed by atoms with van der Waals surface area (Å²) in [6, 6.07) is 0. The average molecular weight is 214 g/mol. The van der Waals surface area contributed by atoms with E-state index in [1.165, 1.54) is 0 Å². The van der Waals surface area contributed by atoms with Crippen molar-refractivity contribution >= 4 is 0 Å². The van der Waals surface area contributed by atoms with Gasteiger partial charge in [0.05, 0.1) is 11.7 Å². The largest absolute Gasteiger partial charge is 0.390 e. The van der Waals surface area contributed by atoms with Gasteiger partial charge in [-0.15, -0.1) is 0 Å². The molecule has 1 fully saturated rings. The maximum Gasteiger partial charge on any atom is 0.0694 e. The Hall–Kier alpha value is -0.0800. The first-order valence-corrected chi connectivity index (χ1v) is 6.19. The van der Waals surface area contributed by atoms with E-state index in [2.05, 4.69) is 27.7 Å². The minimum atomic E-state index is -0.466. The lowest BCUT2D eigenvalue weighted by Gasteiger charge is -2.38. The highest BCUT2D eigenvalue weighted by Crippen LogP contribution is 2.34. The van der Waals surface area contributed by atoms with Gasteiger partial charge in [-0.05, 0) is 31.1 Å². The maximum absolute atomic E-state index is 10.5. The second-order valence-electron chi connectivity index (χ2n) is 6.14. The van der Waals surface area contributed by atoms with E-state index < -0.39 is 5.60 Å². The number of aliphatic hydroxyl groups is 1. The van der Waals surface area contributed by atoms with Gasteiger partial charge in [0, 0.05) is 13.0 Å². The number of hydrogen-bond acceptors (Lipinski definition) is 2. The second kappa shape index (κ2) is 4.84. The molecular formula is C13H26O2. The first-order valence-electron chi connectivity index (χ1n) is 6.19. The van der Waals surface area contributed by atoms with E-state index in [1.807, 2.05) is 0 Å². The lowest BCUT2D eigenvalue weighted by Crippen LogP contribution is -2.41. The third kappa shape index (κ3) is 4.52. The molecule has 2 unspecified atom stereocenters. The highest BCUT2D eigenvalue weighted by Gasteiger charge is 2.34. The van der Waals surface area contributed by atoms with E-state index in [0.717, 1.165) is 38.7 Å². The topological polar surface area (TPSA) is 29.5 Å². The third-order valence-electron chi connectivity index (χ3n) is 3.32. The molecule has 90 valence electrons. The van der Waals surface area contributed by atoms with Crippen LogP contribution in [0.5, 0.6) is 0 Å². The molecule has 0 aromatic heterocycles. The van der Waals surface area contributed by atoms with Gasteiger partial charge < -0.3 is 9.84 Å². The molecule has 2 heteroatoms. The van der Waals surface area contributed by atoms with Gasteiger partial charge in [0.1, 0.15) is 0 Å². The lowest BCUT2D eigenvalue weighted by molar-refractivity contribution is -0.110. The van der Waals surface area contributed by atoms with Gasteiger partial charge in [-0.3, -0.25) is 0 Å². The number of hydrogen-bond donors (Lipinski definition) is 1. The Morgan fingerprint density at radius 2 is 2.07 bits per heavy atom. The van der Waals surface area contributed by atoms with E-state index in [9.17, 15) is 5.11 Å². The molecule has 1 saturated heterocycles. The zero-order valence-corrected chi connectivity index (χ0v) is 10.7. The molecule has 1 aliphatic rings. The number of ether oxygens (including phenoxy) is 1. The molecule has 0 aromatic carbocycles. The summed E-state index contributed by atoms with van der Waals surface area (Å²) in [5, 5.41) is 10.5.